The summed E-state index contributed by atoms with van der Waals surface area (Å²) in [5, 5.41) is 4.02. The minimum absolute atomic E-state index is 0.129. The van der Waals surface area contributed by atoms with E-state index in [1.54, 1.807) is 37.4 Å². The number of hydrogen-bond donors (Lipinski definition) is 2. The lowest BCUT2D eigenvalue weighted by atomic mass is 10.1. The minimum Gasteiger partial charge on any atom is -0.497 e. The van der Waals surface area contributed by atoms with Crippen LogP contribution in [0.5, 0.6) is 5.75 Å². The molecule has 0 radical (unpaired) electrons. The number of nitrogens with zero attached hydrogens (tertiary/aromatic N) is 3. The molecular weight excluding hydrogens is 518 g/mol. The number of piperazine rings is 1. The fourth-order valence-electron chi connectivity index (χ4n) is 4.78. The summed E-state index contributed by atoms with van der Waals surface area (Å²) in [6.07, 6.45) is 0. The Morgan fingerprint density at radius 3 is 2.49 bits per heavy atom. The van der Waals surface area contributed by atoms with Crippen molar-refractivity contribution in [3.63, 3.8) is 0 Å². The molecular formula is C29H30ClN5O4. The number of hydrogen-bond acceptors (Lipinski definition) is 6. The number of anilines is 1. The fraction of sp³-hybridized carbons (Fsp3) is 0.276. The lowest BCUT2D eigenvalue weighted by Crippen LogP contribution is -2.48. The van der Waals surface area contributed by atoms with E-state index in [9.17, 15) is 14.4 Å². The van der Waals surface area contributed by atoms with Gasteiger partial charge in [0.2, 0.25) is 0 Å². The molecule has 2 N–H and O–H groups in total. The number of H-pyrrole nitrogens is 1. The first-order valence-corrected chi connectivity index (χ1v) is 13.2. The summed E-state index contributed by atoms with van der Waals surface area (Å²) in [7, 11) is 1.58. The minimum atomic E-state index is -0.530. The van der Waals surface area contributed by atoms with Gasteiger partial charge in [0.25, 0.3) is 11.5 Å². The molecule has 0 aliphatic carbocycles. The number of halogens is 1. The van der Waals surface area contributed by atoms with Crippen molar-refractivity contribution >= 4 is 34.1 Å². The van der Waals surface area contributed by atoms with E-state index < -0.39 is 11.2 Å². The lowest BCUT2D eigenvalue weighted by Gasteiger charge is -2.36. The van der Waals surface area contributed by atoms with Crippen LogP contribution in [0.2, 0.25) is 5.02 Å². The highest BCUT2D eigenvalue weighted by Gasteiger charge is 2.18. The van der Waals surface area contributed by atoms with E-state index in [2.05, 4.69) is 26.2 Å². The number of ether oxygens (including phenoxy) is 1. The van der Waals surface area contributed by atoms with E-state index in [1.807, 2.05) is 30.3 Å². The predicted octanol–water partition coefficient (Wildman–Crippen LogP) is 2.95. The van der Waals surface area contributed by atoms with Crippen molar-refractivity contribution in [1.29, 1.82) is 0 Å². The summed E-state index contributed by atoms with van der Waals surface area (Å²) in [5.41, 5.74) is 1.70. The van der Waals surface area contributed by atoms with Gasteiger partial charge in [0, 0.05) is 55.5 Å². The van der Waals surface area contributed by atoms with Crippen molar-refractivity contribution < 1.29 is 9.53 Å². The Morgan fingerprint density at radius 1 is 1.00 bits per heavy atom. The molecule has 1 saturated heterocycles. The molecule has 4 aromatic rings. The predicted molar refractivity (Wildman–Crippen MR) is 153 cm³/mol. The summed E-state index contributed by atoms with van der Waals surface area (Å²) >= 11 is 6.12. The smallest absolute Gasteiger partial charge is 0.329 e. The molecule has 39 heavy (non-hydrogen) atoms. The Balaban J connectivity index is 1.18. The van der Waals surface area contributed by atoms with Gasteiger partial charge in [-0.3, -0.25) is 19.1 Å². The average Bonchev–Trinajstić information content (AvgIpc) is 2.95. The molecule has 0 spiro atoms. The van der Waals surface area contributed by atoms with Gasteiger partial charge < -0.3 is 19.9 Å². The molecule has 1 fully saturated rings. The van der Waals surface area contributed by atoms with Crippen LogP contribution in [-0.2, 0) is 6.54 Å². The van der Waals surface area contributed by atoms with Crippen LogP contribution in [-0.4, -0.2) is 66.7 Å². The lowest BCUT2D eigenvalue weighted by molar-refractivity contribution is 0.0948. The number of fused-ring (bicyclic) bond motifs is 1. The normalized spacial score (nSPS) is 13.9. The molecule has 0 bridgehead atoms. The van der Waals surface area contributed by atoms with E-state index in [1.165, 1.54) is 0 Å². The quantitative estimate of drug-likeness (QED) is 0.352. The molecule has 3 aromatic carbocycles. The molecule has 0 unspecified atom stereocenters. The molecule has 202 valence electrons. The first-order chi connectivity index (χ1) is 18.9. The van der Waals surface area contributed by atoms with Crippen LogP contribution >= 0.6 is 11.6 Å². The van der Waals surface area contributed by atoms with Crippen LogP contribution < -0.4 is 26.2 Å². The number of aromatic nitrogens is 2. The number of amides is 1. The van der Waals surface area contributed by atoms with E-state index in [0.29, 0.717) is 28.8 Å². The summed E-state index contributed by atoms with van der Waals surface area (Å²) in [6, 6.07) is 19.8. The highest BCUT2D eigenvalue weighted by Crippen LogP contribution is 2.20. The summed E-state index contributed by atoms with van der Waals surface area (Å²) in [5.74, 6) is 0.443. The van der Waals surface area contributed by atoms with Crippen molar-refractivity contribution in [2.45, 2.75) is 6.54 Å². The summed E-state index contributed by atoms with van der Waals surface area (Å²) in [6.45, 7) is 4.92. The molecule has 9 nitrogen and oxygen atoms in total. The number of carbonyl (C=O) groups excluding carboxylic acids is 1. The second-order valence-corrected chi connectivity index (χ2v) is 9.93. The second kappa shape index (κ2) is 11.8. The maximum Gasteiger partial charge on any atom is 0.329 e. The van der Waals surface area contributed by atoms with Gasteiger partial charge in [-0.05, 0) is 54.1 Å². The molecule has 2 heterocycles. The Kier molecular flexibility index (Phi) is 7.99. The molecule has 1 aromatic heterocycles. The maximum atomic E-state index is 13.0. The van der Waals surface area contributed by atoms with Crippen LogP contribution in [0.1, 0.15) is 15.9 Å². The van der Waals surface area contributed by atoms with Crippen LogP contribution in [0, 0.1) is 0 Å². The Hall–Kier alpha value is -4.08. The van der Waals surface area contributed by atoms with Gasteiger partial charge in [0.1, 0.15) is 5.75 Å². The third-order valence-electron chi connectivity index (χ3n) is 7.00. The van der Waals surface area contributed by atoms with Crippen molar-refractivity contribution in [3.8, 4) is 5.75 Å². The van der Waals surface area contributed by atoms with Crippen molar-refractivity contribution in [2.75, 3.05) is 51.3 Å². The molecule has 0 saturated carbocycles. The van der Waals surface area contributed by atoms with Crippen molar-refractivity contribution in [3.05, 3.63) is 104 Å². The number of methoxy groups -OCH3 is 1. The van der Waals surface area contributed by atoms with Gasteiger partial charge in [0.05, 0.1) is 24.6 Å². The Bertz CT molecular complexity index is 1590. The highest BCUT2D eigenvalue weighted by atomic mass is 35.5. The number of benzene rings is 3. The van der Waals surface area contributed by atoms with E-state index in [4.69, 9.17) is 16.3 Å². The molecule has 1 aliphatic heterocycles. The van der Waals surface area contributed by atoms with Gasteiger partial charge in [-0.15, -0.1) is 0 Å². The monoisotopic (exact) mass is 547 g/mol. The second-order valence-electron chi connectivity index (χ2n) is 9.49. The van der Waals surface area contributed by atoms with Crippen LogP contribution in [0.4, 0.5) is 5.69 Å². The van der Waals surface area contributed by atoms with Gasteiger partial charge in [-0.25, -0.2) is 4.79 Å². The van der Waals surface area contributed by atoms with Crippen LogP contribution in [0.15, 0.2) is 76.3 Å². The first kappa shape index (κ1) is 26.5. The Morgan fingerprint density at radius 2 is 1.77 bits per heavy atom. The zero-order chi connectivity index (χ0) is 27.4. The fourth-order valence-corrected chi connectivity index (χ4v) is 4.97. The van der Waals surface area contributed by atoms with Gasteiger partial charge in [0.15, 0.2) is 0 Å². The van der Waals surface area contributed by atoms with Crippen LogP contribution in [0.25, 0.3) is 10.9 Å². The van der Waals surface area contributed by atoms with E-state index in [0.717, 1.165) is 53.6 Å². The van der Waals surface area contributed by atoms with E-state index in [-0.39, 0.29) is 12.5 Å². The van der Waals surface area contributed by atoms with Gasteiger partial charge >= 0.3 is 5.69 Å². The average molecular weight is 548 g/mol. The number of aromatic amines is 1. The molecule has 10 heteroatoms. The highest BCUT2D eigenvalue weighted by molar-refractivity contribution is 6.30. The number of carbonyl (C=O) groups is 1. The molecule has 0 atom stereocenters. The molecule has 5 rings (SSSR count). The Labute approximate surface area is 230 Å². The topological polar surface area (TPSA) is 99.7 Å². The molecule has 1 aliphatic rings. The largest absolute Gasteiger partial charge is 0.497 e. The SMILES string of the molecule is COc1ccc(Cn2c(=O)[nH]c3cc(C(=O)NCCN4CCN(c5cccc(Cl)c5)CC4)ccc3c2=O)cc1. The zero-order valence-electron chi connectivity index (χ0n) is 21.7. The van der Waals surface area contributed by atoms with Crippen LogP contribution in [0.3, 0.4) is 0 Å². The standard InChI is InChI=1S/C29H30ClN5O4/c1-39-24-8-5-20(6-9-24)19-35-28(37)25-10-7-21(17-26(25)32-29(35)38)27(36)31-11-12-33-13-15-34(16-14-33)23-4-2-3-22(30)18-23/h2-10,17-18H,11-16,19H2,1H3,(H,31,36)(H,32,38). The summed E-state index contributed by atoms with van der Waals surface area (Å²) < 4.78 is 6.30. The number of nitrogens with one attached hydrogen (secondary N) is 2. The number of rotatable bonds is 8. The first-order valence-electron chi connectivity index (χ1n) is 12.8. The van der Waals surface area contributed by atoms with Crippen molar-refractivity contribution in [1.82, 2.24) is 19.8 Å². The zero-order valence-corrected chi connectivity index (χ0v) is 22.4. The van der Waals surface area contributed by atoms with Gasteiger partial charge in [-0.1, -0.05) is 29.8 Å². The van der Waals surface area contributed by atoms with Gasteiger partial charge in [-0.2, -0.15) is 0 Å². The third kappa shape index (κ3) is 6.16. The molecule has 1 amide bonds. The maximum absolute atomic E-state index is 13.0. The van der Waals surface area contributed by atoms with Crippen molar-refractivity contribution in [2.24, 2.45) is 0 Å². The third-order valence-corrected chi connectivity index (χ3v) is 7.24. The summed E-state index contributed by atoms with van der Waals surface area (Å²) in [4.78, 5) is 45.9. The van der Waals surface area contributed by atoms with E-state index >= 15 is 0 Å².